The molecule has 3 saturated heterocycles. The number of hydrogen-bond donors (Lipinski definition) is 24. The largest absolute Gasteiger partial charge is 0.508 e. The number of hydrogen-bond acceptors (Lipinski definition) is 32. The van der Waals surface area contributed by atoms with Gasteiger partial charge in [-0.2, -0.15) is 0 Å². The zero-order chi connectivity index (χ0) is 105. The number of aliphatic hydroxyl groups is 6. The van der Waals surface area contributed by atoms with E-state index in [-0.39, 0.29) is 47.7 Å². The van der Waals surface area contributed by atoms with E-state index in [1.165, 1.54) is 51.2 Å². The van der Waals surface area contributed by atoms with Crippen LogP contribution in [0.3, 0.4) is 0 Å². The molecule has 8 aliphatic rings. The first-order chi connectivity index (χ1) is 68.3. The van der Waals surface area contributed by atoms with Crippen molar-refractivity contribution in [2.45, 2.75) is 219 Å². The van der Waals surface area contributed by atoms with Crippen molar-refractivity contribution in [3.8, 4) is 68.2 Å². The molecular formula is C96H110Cl3N11O33P2. The van der Waals surface area contributed by atoms with E-state index in [0.717, 1.165) is 89.5 Å². The Hall–Kier alpha value is -11.6. The summed E-state index contributed by atoms with van der Waals surface area (Å²) < 4.78 is 83.1. The first-order valence-electron chi connectivity index (χ1n) is 45.7. The maximum atomic E-state index is 16.8. The van der Waals surface area contributed by atoms with Gasteiger partial charge in [0, 0.05) is 63.9 Å². The molecule has 8 amide bonds. The van der Waals surface area contributed by atoms with Crippen LogP contribution < -0.4 is 73.5 Å². The topological polar surface area (TPSA) is 694 Å². The molecule has 19 unspecified atom stereocenters. The molecule has 26 N–H and O–H groups in total. The van der Waals surface area contributed by atoms with Gasteiger partial charge in [-0.3, -0.25) is 47.5 Å². The van der Waals surface area contributed by atoms with Crippen molar-refractivity contribution in [3.05, 3.63) is 206 Å². The van der Waals surface area contributed by atoms with Gasteiger partial charge >= 0.3 is 21.2 Å². The van der Waals surface area contributed by atoms with Crippen LogP contribution in [0.15, 0.2) is 152 Å². The van der Waals surface area contributed by atoms with E-state index in [9.17, 15) is 89.0 Å². The third-order valence-corrected chi connectivity index (χ3v) is 30.3. The van der Waals surface area contributed by atoms with Crippen LogP contribution in [0.1, 0.15) is 137 Å². The third-order valence-electron chi connectivity index (χ3n) is 25.7. The number of amides is 8. The second-order valence-corrected chi connectivity index (χ2v) is 42.4. The van der Waals surface area contributed by atoms with Crippen LogP contribution >= 0.6 is 50.0 Å². The molecule has 8 aromatic carbocycles. The number of primary amides is 1. The maximum absolute atomic E-state index is 16.8. The molecule has 0 spiro atoms. The number of esters is 1. The predicted molar refractivity (Wildman–Crippen MR) is 515 cm³/mol. The summed E-state index contributed by atoms with van der Waals surface area (Å²) in [6.45, 7) is 7.56. The second-order valence-electron chi connectivity index (χ2n) is 37.1. The number of aliphatic hydroxyl groups excluding tert-OH is 6. The van der Waals surface area contributed by atoms with Gasteiger partial charge in [-0.15, -0.1) is 0 Å². The first-order valence-corrected chi connectivity index (χ1v) is 50.2. The van der Waals surface area contributed by atoms with Crippen LogP contribution in [0.4, 0.5) is 5.69 Å². The highest BCUT2D eigenvalue weighted by Crippen LogP contribution is 2.61. The molecule has 8 heterocycles. The minimum absolute atomic E-state index is 0.0118. The molecule has 3 fully saturated rings. The number of nitrogens with one attached hydrogen (secondary N) is 9. The summed E-state index contributed by atoms with van der Waals surface area (Å²) in [6, 6.07) is 17.9. The highest BCUT2D eigenvalue weighted by molar-refractivity contribution is 7.70. The highest BCUT2D eigenvalue weighted by Gasteiger charge is 2.54. The Morgan fingerprint density at radius 3 is 1.79 bits per heavy atom. The molecule has 0 saturated carbocycles. The number of phenols is 3. The summed E-state index contributed by atoms with van der Waals surface area (Å²) in [7, 11) is -9.34. The van der Waals surface area contributed by atoms with Crippen LogP contribution in [0, 0.1) is 5.92 Å². The van der Waals surface area contributed by atoms with Crippen LogP contribution in [0.25, 0.3) is 22.3 Å². The number of aromatic hydroxyl groups is 3. The Bertz CT molecular complexity index is 6290. The number of rotatable bonds is 26. The van der Waals surface area contributed by atoms with E-state index in [2.05, 4.69) is 47.9 Å². The van der Waals surface area contributed by atoms with Crippen molar-refractivity contribution in [2.24, 2.45) is 17.4 Å². The standard InChI is InChI=1S/C96H110Cl3N11O33P2/c1-41(2)26-59(102-7)87(122)109-77-79(117)49-17-24-63(57(98)29-49)138-65-31-51-32-66(83(65)143-94-84(81(119)80(118)67(39-111)140-94)142-71-37-96(6,86(121)43(4)137-71)103-38-45-8-12-46(13-9-45)47-14-19-52(97)20-15-47)139-64-25-18-50(30-58(64)99)82(141-70-36-95(5,101)85(120)42(3)136-70)78-92(127)108-76(93(128)135-40-69(116)104-53-21-10-44(11-22-53)27-72(144(129,130)131)145(132,133)134)56-33-54(112)34-62(114)73(56)55-28-48(16-23-61(55)113)74(89(124)110-78)107-90(125)75(51)106-88(123)60(35-68(100)115)105-91(77)126/h8-25,28-34,41-43,59-60,67,70-72,74-82,84-86,94,102-103,111-114,117-121H,26-27,35-40,101H2,1-7H3,(H2,100,115)(H,104,116)(H,105,126)(H,106,123)(H,107,125)(H,108,127)(H,109,122)(H,110,124)(H2,129,130,131)(H2,132,133,134)/t42?,43?,59?,60?,67?,70?,71?,74?,75?,76-,77?,78?,79+,80?,81?,82-,84?,85?,86?,94?,95?,96?/m1/s1. The van der Waals surface area contributed by atoms with Crippen molar-refractivity contribution in [1.82, 2.24) is 42.5 Å². The SMILES string of the molecule is CNC(CC(C)C)C(=O)NC1C(=O)NC(CC(N)=O)C(=O)NC2C(=O)NC3C(=O)NC(C(=O)N[C@@H](C(=O)OCC(=O)Nc4ccc(CC(P(=O)(O)O)P(=O)(O)O)cc4)c4cc(O)cc(O)c4-c4cc3ccc4O)[C@H](OC3CC(C)(N)C(O)C(C)O3)c3ccc(c(Cl)c3)Oc3cc2cc(c3OC2OC(CO)C(O)C(O)C2OC2CC(C)(NCc3ccc(-c4ccc(Cl)cc4)cc3)C(O)C(C)O2)Oc2ccc(cc2Cl)[C@@H]1O. The van der Waals surface area contributed by atoms with Crippen LogP contribution in [-0.2, 0) is 93.7 Å². The summed E-state index contributed by atoms with van der Waals surface area (Å²) in [5.74, 6) is -18.1. The quantitative estimate of drug-likeness (QED) is 0.0255. The van der Waals surface area contributed by atoms with Gasteiger partial charge in [0.05, 0.1) is 53.5 Å². The molecule has 8 aromatic rings. The molecule has 0 radical (unpaired) electrons. The highest BCUT2D eigenvalue weighted by atomic mass is 35.5. The number of benzene rings is 8. The van der Waals surface area contributed by atoms with Crippen molar-refractivity contribution in [1.29, 1.82) is 0 Å². The smallest absolute Gasteiger partial charge is 0.341 e. The van der Waals surface area contributed by atoms with Crippen molar-refractivity contribution in [3.63, 3.8) is 0 Å². The van der Waals surface area contributed by atoms with Gasteiger partial charge in [0.2, 0.25) is 53.4 Å². The minimum atomic E-state index is -5.40. The lowest BCUT2D eigenvalue weighted by Crippen LogP contribution is -2.65. The van der Waals surface area contributed by atoms with Gasteiger partial charge in [-0.1, -0.05) is 115 Å². The monoisotopic (exact) mass is 2110 g/mol. The lowest BCUT2D eigenvalue weighted by Gasteiger charge is -2.48. The fourth-order valence-electron chi connectivity index (χ4n) is 17.9. The average molecular weight is 2110 g/mol. The molecule has 22 atom stereocenters. The fraction of sp³-hybridized carbons (Fsp3) is 0.406. The maximum Gasteiger partial charge on any atom is 0.341 e. The Labute approximate surface area is 843 Å². The van der Waals surface area contributed by atoms with E-state index < -0.39 is 323 Å². The summed E-state index contributed by atoms with van der Waals surface area (Å²) in [6.07, 6.45) is -24.8. The van der Waals surface area contributed by atoms with Crippen LogP contribution in [0.5, 0.6) is 46.0 Å². The van der Waals surface area contributed by atoms with Crippen LogP contribution in [0.2, 0.25) is 15.1 Å². The molecule has 16 rings (SSSR count). The van der Waals surface area contributed by atoms with Gasteiger partial charge in [-0.25, -0.2) is 4.79 Å². The number of halogens is 3. The van der Waals surface area contributed by atoms with Crippen molar-refractivity contribution >= 4 is 109 Å². The van der Waals surface area contributed by atoms with E-state index in [1.54, 1.807) is 39.8 Å². The zero-order valence-electron chi connectivity index (χ0n) is 78.5. The van der Waals surface area contributed by atoms with Crippen molar-refractivity contribution < 1.29 is 160 Å². The lowest BCUT2D eigenvalue weighted by molar-refractivity contribution is -0.334. The summed E-state index contributed by atoms with van der Waals surface area (Å²) in [4.78, 5) is 177. The van der Waals surface area contributed by atoms with E-state index >= 15 is 28.8 Å². The number of phenolic OH excluding ortho intramolecular Hbond substituents is 3. The summed E-state index contributed by atoms with van der Waals surface area (Å²) in [5, 5.41) is 129. The Kier molecular flexibility index (Phi) is 33.9. The number of fused-ring (bicyclic) bond motifs is 15. The van der Waals surface area contributed by atoms with E-state index in [4.69, 9.17) is 88.9 Å². The number of carbonyl (C=O) groups is 9. The van der Waals surface area contributed by atoms with Gasteiger partial charge in [0.1, 0.15) is 89.5 Å². The molecule has 0 aliphatic carbocycles. The Morgan fingerprint density at radius 2 is 1.19 bits per heavy atom. The second kappa shape index (κ2) is 45.0. The molecule has 11 bridgehead atoms. The summed E-state index contributed by atoms with van der Waals surface area (Å²) >= 11 is 21.0. The Morgan fingerprint density at radius 1 is 0.614 bits per heavy atom. The third kappa shape index (κ3) is 25.3. The number of ether oxygens (including phenoxy) is 9. The normalized spacial score (nSPS) is 27.5. The van der Waals surface area contributed by atoms with Gasteiger partial charge in [-0.05, 0) is 177 Å². The number of nitrogens with two attached hydrogens (primary N) is 2. The van der Waals surface area contributed by atoms with Crippen molar-refractivity contribution in [2.75, 3.05) is 25.6 Å². The minimum Gasteiger partial charge on any atom is -0.508 e. The number of carbonyl (C=O) groups excluding carboxylic acids is 9. The van der Waals surface area contributed by atoms with Gasteiger partial charge in [0.25, 0.3) is 5.91 Å². The molecule has 8 aliphatic heterocycles. The number of likely N-dealkylation sites (N-methyl/N-ethyl adjacent to an activating group) is 1. The molecular weight excluding hydrogens is 2000 g/mol. The predicted octanol–water partition coefficient (Wildman–Crippen LogP) is 4.82. The molecule has 778 valence electrons. The Balaban J connectivity index is 0.942. The van der Waals surface area contributed by atoms with E-state index in [1.807, 2.05) is 36.4 Å². The zero-order valence-corrected chi connectivity index (χ0v) is 82.5. The fourth-order valence-corrected chi connectivity index (χ4v) is 21.0. The average Bonchev–Trinajstić information content (AvgIpc) is 0.767. The molecule has 0 aromatic heterocycles. The van der Waals surface area contributed by atoms with Gasteiger partial charge < -0.3 is 167 Å². The lowest BCUT2D eigenvalue weighted by atomic mass is 9.84. The van der Waals surface area contributed by atoms with E-state index in [0.29, 0.717) is 5.02 Å². The van der Waals surface area contributed by atoms with Crippen LogP contribution in [-0.4, -0.2) is 247 Å². The van der Waals surface area contributed by atoms with Gasteiger partial charge in [0.15, 0.2) is 48.2 Å². The summed E-state index contributed by atoms with van der Waals surface area (Å²) in [5.41, 5.74) is 8.85. The molecule has 145 heavy (non-hydrogen) atoms. The molecule has 44 nitrogen and oxygen atoms in total. The number of anilines is 1. The molecule has 49 heteroatoms. The first kappa shape index (κ1) is 109.